The van der Waals surface area contributed by atoms with E-state index in [9.17, 15) is 0 Å². The van der Waals surface area contributed by atoms with Crippen LogP contribution in [0.2, 0.25) is 0 Å². The minimum absolute atomic E-state index is 0.610. The fourth-order valence-electron chi connectivity index (χ4n) is 3.55. The van der Waals surface area contributed by atoms with Crippen LogP contribution in [-0.4, -0.2) is 17.6 Å². The maximum absolute atomic E-state index is 4.52. The molecule has 1 aliphatic carbocycles. The molecule has 1 aromatic heterocycles. The van der Waals surface area contributed by atoms with Gasteiger partial charge in [0.25, 0.3) is 0 Å². The maximum Gasteiger partial charge on any atom is 0.0419 e. The first-order valence-electron chi connectivity index (χ1n) is 8.46. The smallest absolute Gasteiger partial charge is 0.0419 e. The normalized spacial score (nSPS) is 24.5. The molecule has 2 rings (SSSR count). The van der Waals surface area contributed by atoms with Crippen molar-refractivity contribution in [1.82, 2.24) is 10.3 Å². The summed E-state index contributed by atoms with van der Waals surface area (Å²) in [7, 11) is 0. The highest BCUT2D eigenvalue weighted by Crippen LogP contribution is 2.33. The Morgan fingerprint density at radius 1 is 1.30 bits per heavy atom. The molecule has 0 spiro atoms. The third kappa shape index (κ3) is 4.59. The van der Waals surface area contributed by atoms with Crippen LogP contribution in [0.4, 0.5) is 0 Å². The van der Waals surface area contributed by atoms with Gasteiger partial charge >= 0.3 is 0 Å². The Hall–Kier alpha value is -0.890. The van der Waals surface area contributed by atoms with E-state index in [1.165, 1.54) is 44.2 Å². The van der Waals surface area contributed by atoms with E-state index in [0.29, 0.717) is 6.04 Å². The van der Waals surface area contributed by atoms with Gasteiger partial charge in [0.2, 0.25) is 0 Å². The quantitative estimate of drug-likeness (QED) is 0.805. The molecule has 3 atom stereocenters. The highest BCUT2D eigenvalue weighted by atomic mass is 14.9. The second-order valence-electron chi connectivity index (χ2n) is 6.29. The van der Waals surface area contributed by atoms with E-state index >= 15 is 0 Å². The first kappa shape index (κ1) is 15.5. The Balaban J connectivity index is 1.98. The van der Waals surface area contributed by atoms with E-state index in [0.717, 1.165) is 24.8 Å². The lowest BCUT2D eigenvalue weighted by Gasteiger charge is -2.35. The molecule has 0 bridgehead atoms. The van der Waals surface area contributed by atoms with Crippen LogP contribution in [0.1, 0.15) is 58.1 Å². The van der Waals surface area contributed by atoms with Gasteiger partial charge in [-0.3, -0.25) is 4.98 Å². The van der Waals surface area contributed by atoms with E-state index in [1.54, 1.807) is 0 Å². The van der Waals surface area contributed by atoms with Crippen molar-refractivity contribution in [3.05, 3.63) is 30.1 Å². The van der Waals surface area contributed by atoms with Gasteiger partial charge in [-0.05, 0) is 49.8 Å². The average molecular weight is 274 g/mol. The van der Waals surface area contributed by atoms with Gasteiger partial charge in [0, 0.05) is 24.4 Å². The Labute approximate surface area is 124 Å². The maximum atomic E-state index is 4.52. The van der Waals surface area contributed by atoms with E-state index in [2.05, 4.69) is 36.3 Å². The Bertz CT molecular complexity index is 363. The third-order valence-corrected chi connectivity index (χ3v) is 4.78. The third-order valence-electron chi connectivity index (χ3n) is 4.78. The van der Waals surface area contributed by atoms with Gasteiger partial charge < -0.3 is 5.32 Å². The zero-order valence-electron chi connectivity index (χ0n) is 13.1. The lowest BCUT2D eigenvalue weighted by Crippen LogP contribution is -2.40. The number of pyridine rings is 1. The predicted octanol–water partition coefficient (Wildman–Crippen LogP) is 4.21. The van der Waals surface area contributed by atoms with Crippen molar-refractivity contribution in [3.8, 4) is 0 Å². The topological polar surface area (TPSA) is 24.9 Å². The van der Waals surface area contributed by atoms with Gasteiger partial charge in [-0.25, -0.2) is 0 Å². The molecule has 0 aromatic carbocycles. The lowest BCUT2D eigenvalue weighted by molar-refractivity contribution is 0.206. The summed E-state index contributed by atoms with van der Waals surface area (Å²) in [6.45, 7) is 5.73. The van der Waals surface area contributed by atoms with Crippen LogP contribution in [0.25, 0.3) is 0 Å². The second-order valence-corrected chi connectivity index (χ2v) is 6.29. The highest BCUT2D eigenvalue weighted by molar-refractivity contribution is 5.06. The SMILES string of the molecule is CCCNC(Cc1ccccn1)C1CCCC(CC)C1. The molecule has 1 heterocycles. The predicted molar refractivity (Wildman–Crippen MR) is 85.8 cm³/mol. The van der Waals surface area contributed by atoms with Gasteiger partial charge in [-0.2, -0.15) is 0 Å². The number of hydrogen-bond donors (Lipinski definition) is 1. The van der Waals surface area contributed by atoms with Crippen molar-refractivity contribution in [2.45, 2.75) is 64.8 Å². The van der Waals surface area contributed by atoms with Crippen molar-refractivity contribution >= 4 is 0 Å². The monoisotopic (exact) mass is 274 g/mol. The van der Waals surface area contributed by atoms with E-state index in [1.807, 2.05) is 12.3 Å². The first-order chi connectivity index (χ1) is 9.83. The zero-order valence-corrected chi connectivity index (χ0v) is 13.1. The van der Waals surface area contributed by atoms with E-state index < -0.39 is 0 Å². The molecule has 20 heavy (non-hydrogen) atoms. The first-order valence-corrected chi connectivity index (χ1v) is 8.46. The summed E-state index contributed by atoms with van der Waals surface area (Å²) in [6, 6.07) is 6.89. The molecule has 1 aromatic rings. The van der Waals surface area contributed by atoms with Crippen LogP contribution in [0.5, 0.6) is 0 Å². The summed E-state index contributed by atoms with van der Waals surface area (Å²) in [4.78, 5) is 4.52. The molecule has 2 nitrogen and oxygen atoms in total. The Morgan fingerprint density at radius 3 is 2.90 bits per heavy atom. The number of hydrogen-bond acceptors (Lipinski definition) is 2. The molecular weight excluding hydrogens is 244 g/mol. The van der Waals surface area contributed by atoms with Crippen molar-refractivity contribution < 1.29 is 0 Å². The number of nitrogens with one attached hydrogen (secondary N) is 1. The van der Waals surface area contributed by atoms with Crippen molar-refractivity contribution in [3.63, 3.8) is 0 Å². The summed E-state index contributed by atoms with van der Waals surface area (Å²) in [5, 5.41) is 3.79. The molecule has 1 fully saturated rings. The molecule has 0 aliphatic heterocycles. The van der Waals surface area contributed by atoms with Crippen LogP contribution >= 0.6 is 0 Å². The molecular formula is C18H30N2. The van der Waals surface area contributed by atoms with E-state index in [-0.39, 0.29) is 0 Å². The van der Waals surface area contributed by atoms with Crippen molar-refractivity contribution in [2.24, 2.45) is 11.8 Å². The minimum atomic E-state index is 0.610. The fraction of sp³-hybridized carbons (Fsp3) is 0.722. The van der Waals surface area contributed by atoms with Gasteiger partial charge in [0.15, 0.2) is 0 Å². The molecule has 0 saturated heterocycles. The summed E-state index contributed by atoms with van der Waals surface area (Å²) in [5.41, 5.74) is 1.24. The van der Waals surface area contributed by atoms with Crippen LogP contribution < -0.4 is 5.32 Å². The van der Waals surface area contributed by atoms with Gasteiger partial charge in [-0.1, -0.05) is 39.2 Å². The Morgan fingerprint density at radius 2 is 2.20 bits per heavy atom. The highest BCUT2D eigenvalue weighted by Gasteiger charge is 2.27. The molecule has 0 amide bonds. The lowest BCUT2D eigenvalue weighted by atomic mass is 9.76. The largest absolute Gasteiger partial charge is 0.313 e. The minimum Gasteiger partial charge on any atom is -0.313 e. The number of aromatic nitrogens is 1. The van der Waals surface area contributed by atoms with Crippen molar-refractivity contribution in [2.75, 3.05) is 6.54 Å². The standard InChI is InChI=1S/C18H30N2/c1-3-11-20-18(14-17-10-5-6-12-19-17)16-9-7-8-15(4-2)13-16/h5-6,10,12,15-16,18,20H,3-4,7-9,11,13-14H2,1-2H3. The zero-order chi connectivity index (χ0) is 14.2. The summed E-state index contributed by atoms with van der Waals surface area (Å²) in [6.07, 6.45) is 11.2. The Kier molecular flexibility index (Phi) is 6.52. The van der Waals surface area contributed by atoms with Gasteiger partial charge in [0.05, 0.1) is 0 Å². The van der Waals surface area contributed by atoms with Crippen LogP contribution in [0, 0.1) is 11.8 Å². The van der Waals surface area contributed by atoms with Crippen LogP contribution in [-0.2, 0) is 6.42 Å². The number of rotatable bonds is 7. The summed E-state index contributed by atoms with van der Waals surface area (Å²) >= 11 is 0. The van der Waals surface area contributed by atoms with E-state index in [4.69, 9.17) is 0 Å². The molecule has 0 radical (unpaired) electrons. The van der Waals surface area contributed by atoms with Crippen LogP contribution in [0.15, 0.2) is 24.4 Å². The molecule has 1 N–H and O–H groups in total. The second kappa shape index (κ2) is 8.41. The number of nitrogens with zero attached hydrogens (tertiary/aromatic N) is 1. The van der Waals surface area contributed by atoms with Crippen molar-refractivity contribution in [1.29, 1.82) is 0 Å². The van der Waals surface area contributed by atoms with Crippen LogP contribution in [0.3, 0.4) is 0 Å². The molecule has 112 valence electrons. The summed E-state index contributed by atoms with van der Waals surface area (Å²) < 4.78 is 0. The fourth-order valence-corrected chi connectivity index (χ4v) is 3.55. The summed E-state index contributed by atoms with van der Waals surface area (Å²) in [5.74, 6) is 1.78. The molecule has 3 unspecified atom stereocenters. The average Bonchev–Trinajstić information content (AvgIpc) is 2.52. The molecule has 2 heteroatoms. The molecule has 1 saturated carbocycles. The molecule has 1 aliphatic rings. The van der Waals surface area contributed by atoms with Gasteiger partial charge in [-0.15, -0.1) is 0 Å². The van der Waals surface area contributed by atoms with Gasteiger partial charge in [0.1, 0.15) is 0 Å².